The molecule has 0 aromatic rings. The first kappa shape index (κ1) is 8.97. The van der Waals surface area contributed by atoms with Crippen LogP contribution in [-0.2, 0) is 0 Å². The molecular weight excluding hydrogens is 122 g/mol. The third-order valence-corrected chi connectivity index (χ3v) is 1.18. The zero-order chi connectivity index (χ0) is 7.66. The Kier molecular flexibility index (Phi) is 7.15. The quantitative estimate of drug-likeness (QED) is 0.420. The van der Waals surface area contributed by atoms with Gasteiger partial charge in [0, 0.05) is 6.42 Å². The molecule has 1 nitrogen and oxygen atoms in total. The number of nitriles is 1. The van der Waals surface area contributed by atoms with Gasteiger partial charge in [-0.3, -0.25) is 0 Å². The molecule has 0 aliphatic carbocycles. The van der Waals surface area contributed by atoms with Crippen molar-refractivity contribution in [3.63, 3.8) is 0 Å². The molecule has 1 heteroatoms. The molecule has 0 N–H and O–H groups in total. The van der Waals surface area contributed by atoms with Crippen LogP contribution < -0.4 is 0 Å². The van der Waals surface area contributed by atoms with Crippen molar-refractivity contribution in [3.8, 4) is 6.07 Å². The van der Waals surface area contributed by atoms with Gasteiger partial charge in [-0.2, -0.15) is 5.26 Å². The highest BCUT2D eigenvalue weighted by molar-refractivity contribution is 4.96. The lowest BCUT2D eigenvalue weighted by molar-refractivity contribution is 0.768. The maximum Gasteiger partial charge on any atom is 0.0621 e. The Balaban J connectivity index is 2.99. The Morgan fingerprint density at radius 2 is 2.20 bits per heavy atom. The Morgan fingerprint density at radius 3 is 2.80 bits per heavy atom. The molecule has 0 fully saturated rings. The van der Waals surface area contributed by atoms with Crippen LogP contribution in [0.4, 0.5) is 0 Å². The van der Waals surface area contributed by atoms with Gasteiger partial charge in [-0.25, -0.2) is 0 Å². The van der Waals surface area contributed by atoms with E-state index in [4.69, 9.17) is 5.26 Å². The Morgan fingerprint density at radius 1 is 1.40 bits per heavy atom. The normalized spacial score (nSPS) is 9.50. The smallest absolute Gasteiger partial charge is 0.0621 e. The van der Waals surface area contributed by atoms with Crippen molar-refractivity contribution in [2.75, 3.05) is 0 Å². The summed E-state index contributed by atoms with van der Waals surface area (Å²) in [6.07, 6.45) is 9.65. The number of rotatable bonds is 5. The van der Waals surface area contributed by atoms with Crippen LogP contribution in [0.3, 0.4) is 0 Å². The van der Waals surface area contributed by atoms with E-state index in [1.54, 1.807) is 6.08 Å². The maximum absolute atomic E-state index is 8.18. The zero-order valence-corrected chi connectivity index (χ0v) is 6.21. The largest absolute Gasteiger partial charge is 0.198 e. The summed E-state index contributed by atoms with van der Waals surface area (Å²) in [5.74, 6) is 0. The van der Waals surface area contributed by atoms with Gasteiger partial charge in [-0.05, 0) is 19.3 Å². The minimum atomic E-state index is 0.682. The Labute approximate surface area is 62.7 Å². The monoisotopic (exact) mass is 135 g/mol. The SMILES string of the molecule is C=CC=CCCCCC#N. The van der Waals surface area contributed by atoms with Crippen molar-refractivity contribution in [1.29, 1.82) is 5.26 Å². The van der Waals surface area contributed by atoms with Gasteiger partial charge in [-0.15, -0.1) is 0 Å². The van der Waals surface area contributed by atoms with Crippen molar-refractivity contribution in [2.45, 2.75) is 25.7 Å². The molecule has 0 aliphatic heterocycles. The van der Waals surface area contributed by atoms with E-state index in [0.717, 1.165) is 19.3 Å². The lowest BCUT2D eigenvalue weighted by Crippen LogP contribution is -1.71. The van der Waals surface area contributed by atoms with Gasteiger partial charge < -0.3 is 0 Å². The lowest BCUT2D eigenvalue weighted by atomic mass is 10.2. The van der Waals surface area contributed by atoms with Crippen LogP contribution in [0.5, 0.6) is 0 Å². The van der Waals surface area contributed by atoms with Gasteiger partial charge in [0.2, 0.25) is 0 Å². The van der Waals surface area contributed by atoms with Gasteiger partial charge in [0.1, 0.15) is 0 Å². The van der Waals surface area contributed by atoms with E-state index in [1.165, 1.54) is 0 Å². The van der Waals surface area contributed by atoms with Gasteiger partial charge in [0.25, 0.3) is 0 Å². The van der Waals surface area contributed by atoms with Gasteiger partial charge >= 0.3 is 0 Å². The molecule has 54 valence electrons. The van der Waals surface area contributed by atoms with E-state index in [2.05, 4.69) is 18.7 Å². The van der Waals surface area contributed by atoms with Crippen LogP contribution in [-0.4, -0.2) is 0 Å². The number of nitrogens with zero attached hydrogens (tertiary/aromatic N) is 1. The molecule has 0 saturated heterocycles. The predicted octanol–water partition coefficient (Wildman–Crippen LogP) is 2.81. The highest BCUT2D eigenvalue weighted by atomic mass is 14.2. The number of allylic oxidation sites excluding steroid dienone is 3. The van der Waals surface area contributed by atoms with Crippen molar-refractivity contribution in [2.24, 2.45) is 0 Å². The summed E-state index contributed by atoms with van der Waals surface area (Å²) in [6, 6.07) is 2.11. The Hall–Kier alpha value is -1.03. The van der Waals surface area contributed by atoms with E-state index in [0.29, 0.717) is 6.42 Å². The third-order valence-electron chi connectivity index (χ3n) is 1.18. The summed E-state index contributed by atoms with van der Waals surface area (Å²) < 4.78 is 0. The van der Waals surface area contributed by atoms with E-state index in [1.807, 2.05) is 6.08 Å². The maximum atomic E-state index is 8.18. The highest BCUT2D eigenvalue weighted by Gasteiger charge is 1.82. The summed E-state index contributed by atoms with van der Waals surface area (Å²) in [5, 5.41) is 8.18. The summed E-state index contributed by atoms with van der Waals surface area (Å²) >= 11 is 0. The molecule has 0 saturated carbocycles. The molecule has 0 aromatic carbocycles. The second-order valence-corrected chi connectivity index (χ2v) is 2.07. The fraction of sp³-hybridized carbons (Fsp3) is 0.444. The van der Waals surface area contributed by atoms with Crippen molar-refractivity contribution in [3.05, 3.63) is 24.8 Å². The average Bonchev–Trinajstić information content (AvgIpc) is 1.97. The molecular formula is C9H13N. The zero-order valence-electron chi connectivity index (χ0n) is 6.21. The first-order chi connectivity index (χ1) is 4.91. The van der Waals surface area contributed by atoms with E-state index in [9.17, 15) is 0 Å². The molecule has 0 heterocycles. The molecule has 0 unspecified atom stereocenters. The Bertz CT molecular complexity index is 139. The lowest BCUT2D eigenvalue weighted by Gasteiger charge is -1.87. The fourth-order valence-electron chi connectivity index (χ4n) is 0.659. The summed E-state index contributed by atoms with van der Waals surface area (Å²) in [6.45, 7) is 3.56. The van der Waals surface area contributed by atoms with Crippen molar-refractivity contribution < 1.29 is 0 Å². The molecule has 0 bridgehead atoms. The fourth-order valence-corrected chi connectivity index (χ4v) is 0.659. The first-order valence-corrected chi connectivity index (χ1v) is 3.56. The number of unbranched alkanes of at least 4 members (excludes halogenated alkanes) is 3. The number of hydrogen-bond donors (Lipinski definition) is 0. The summed E-state index contributed by atoms with van der Waals surface area (Å²) in [4.78, 5) is 0. The van der Waals surface area contributed by atoms with Gasteiger partial charge in [-0.1, -0.05) is 24.8 Å². The molecule has 0 amide bonds. The van der Waals surface area contributed by atoms with Crippen molar-refractivity contribution >= 4 is 0 Å². The minimum absolute atomic E-state index is 0.682. The second kappa shape index (κ2) is 7.97. The van der Waals surface area contributed by atoms with Crippen LogP contribution in [0, 0.1) is 11.3 Å². The summed E-state index contributed by atoms with van der Waals surface area (Å²) in [5.41, 5.74) is 0. The van der Waals surface area contributed by atoms with E-state index in [-0.39, 0.29) is 0 Å². The van der Waals surface area contributed by atoms with Crippen LogP contribution in [0.2, 0.25) is 0 Å². The van der Waals surface area contributed by atoms with Crippen LogP contribution >= 0.6 is 0 Å². The topological polar surface area (TPSA) is 23.8 Å². The molecule has 0 aliphatic rings. The molecule has 0 spiro atoms. The van der Waals surface area contributed by atoms with Crippen LogP contribution in [0.1, 0.15) is 25.7 Å². The van der Waals surface area contributed by atoms with Gasteiger partial charge in [0.05, 0.1) is 6.07 Å². The second-order valence-electron chi connectivity index (χ2n) is 2.07. The minimum Gasteiger partial charge on any atom is -0.198 e. The molecule has 0 rings (SSSR count). The van der Waals surface area contributed by atoms with Gasteiger partial charge in [0.15, 0.2) is 0 Å². The molecule has 10 heavy (non-hydrogen) atoms. The third kappa shape index (κ3) is 6.97. The molecule has 0 aromatic heterocycles. The molecule has 0 radical (unpaired) electrons. The van der Waals surface area contributed by atoms with Crippen LogP contribution in [0.15, 0.2) is 24.8 Å². The van der Waals surface area contributed by atoms with E-state index >= 15 is 0 Å². The van der Waals surface area contributed by atoms with E-state index < -0.39 is 0 Å². The predicted molar refractivity (Wildman–Crippen MR) is 43.4 cm³/mol. The summed E-state index contributed by atoms with van der Waals surface area (Å²) in [7, 11) is 0. The van der Waals surface area contributed by atoms with Crippen LogP contribution in [0.25, 0.3) is 0 Å². The molecule has 0 atom stereocenters. The van der Waals surface area contributed by atoms with Crippen molar-refractivity contribution in [1.82, 2.24) is 0 Å². The first-order valence-electron chi connectivity index (χ1n) is 3.56. The average molecular weight is 135 g/mol. The number of hydrogen-bond acceptors (Lipinski definition) is 1. The highest BCUT2D eigenvalue weighted by Crippen LogP contribution is 1.98. The standard InChI is InChI=1S/C9H13N/c1-2-3-4-5-6-7-8-9-10/h2-4H,1,5-8H2.